The fourth-order valence-corrected chi connectivity index (χ4v) is 2.53. The number of rotatable bonds is 3. The van der Waals surface area contributed by atoms with Gasteiger partial charge in [-0.25, -0.2) is 8.78 Å². The van der Waals surface area contributed by atoms with Crippen LogP contribution < -0.4 is 5.32 Å². The monoisotopic (exact) mass is 306 g/mol. The smallest absolute Gasteiger partial charge is 0.146 e. The third-order valence-electron chi connectivity index (χ3n) is 3.42. The number of fused-ring (bicyclic) bond motifs is 1. The molecule has 1 aromatic heterocycles. The highest BCUT2D eigenvalue weighted by molar-refractivity contribution is 6.36. The topological polar surface area (TPSA) is 27.8 Å². The number of aryl methyl sites for hydroxylation is 1. The van der Waals surface area contributed by atoms with Crippen LogP contribution in [-0.2, 0) is 6.54 Å². The molecule has 0 amide bonds. The van der Waals surface area contributed by atoms with Crippen LogP contribution in [0.15, 0.2) is 36.4 Å². The summed E-state index contributed by atoms with van der Waals surface area (Å²) in [6.07, 6.45) is 0. The molecule has 0 radical (unpaired) electrons. The zero-order valence-corrected chi connectivity index (χ0v) is 12.1. The van der Waals surface area contributed by atoms with Crippen LogP contribution in [0.5, 0.6) is 0 Å². The number of anilines is 1. The van der Waals surface area contributed by atoms with Crippen molar-refractivity contribution in [3.05, 3.63) is 64.3 Å². The maximum absolute atomic E-state index is 13.8. The van der Waals surface area contributed by atoms with Gasteiger partial charge in [0.2, 0.25) is 0 Å². The second-order valence-electron chi connectivity index (χ2n) is 4.90. The Morgan fingerprint density at radius 1 is 1.14 bits per heavy atom. The summed E-state index contributed by atoms with van der Waals surface area (Å²) in [5.41, 5.74) is 2.04. The molecule has 1 heterocycles. The molecule has 2 N–H and O–H groups in total. The van der Waals surface area contributed by atoms with E-state index in [0.717, 1.165) is 22.7 Å². The molecular weight excluding hydrogens is 294 g/mol. The van der Waals surface area contributed by atoms with Crippen molar-refractivity contribution in [3.8, 4) is 0 Å². The molecule has 0 atom stereocenters. The van der Waals surface area contributed by atoms with Crippen LogP contribution in [0.4, 0.5) is 14.5 Å². The molecule has 3 aromatic rings. The van der Waals surface area contributed by atoms with Crippen LogP contribution in [0.3, 0.4) is 0 Å². The summed E-state index contributed by atoms with van der Waals surface area (Å²) in [7, 11) is 0. The van der Waals surface area contributed by atoms with Crippen LogP contribution in [-0.4, -0.2) is 4.98 Å². The van der Waals surface area contributed by atoms with Gasteiger partial charge in [-0.05, 0) is 24.6 Å². The minimum absolute atomic E-state index is 0.118. The van der Waals surface area contributed by atoms with E-state index < -0.39 is 11.6 Å². The molecule has 0 aliphatic carbocycles. The van der Waals surface area contributed by atoms with Gasteiger partial charge in [-0.2, -0.15) is 0 Å². The Morgan fingerprint density at radius 3 is 2.67 bits per heavy atom. The van der Waals surface area contributed by atoms with Crippen molar-refractivity contribution < 1.29 is 8.78 Å². The average Bonchev–Trinajstić information content (AvgIpc) is 2.79. The summed E-state index contributed by atoms with van der Waals surface area (Å²) in [6.45, 7) is 1.81. The molecule has 0 bridgehead atoms. The van der Waals surface area contributed by atoms with Crippen molar-refractivity contribution in [1.29, 1.82) is 0 Å². The van der Waals surface area contributed by atoms with E-state index in [1.165, 1.54) is 13.0 Å². The Balaban J connectivity index is 1.87. The van der Waals surface area contributed by atoms with E-state index in [0.29, 0.717) is 5.02 Å². The van der Waals surface area contributed by atoms with E-state index >= 15 is 0 Å². The second kappa shape index (κ2) is 5.37. The Labute approximate surface area is 125 Å². The highest BCUT2D eigenvalue weighted by atomic mass is 35.5. The number of aromatic nitrogens is 1. The van der Waals surface area contributed by atoms with E-state index in [-0.39, 0.29) is 17.8 Å². The molecule has 0 aliphatic heterocycles. The number of para-hydroxylation sites is 1. The SMILES string of the molecule is Cc1cc(F)c(NCc2[nH]c3ccccc3c2Cl)cc1F. The lowest BCUT2D eigenvalue weighted by molar-refractivity contribution is 0.594. The van der Waals surface area contributed by atoms with E-state index in [1.807, 2.05) is 24.3 Å². The van der Waals surface area contributed by atoms with Crippen molar-refractivity contribution >= 4 is 28.2 Å². The van der Waals surface area contributed by atoms with E-state index in [9.17, 15) is 8.78 Å². The fraction of sp³-hybridized carbons (Fsp3) is 0.125. The molecule has 3 rings (SSSR count). The van der Waals surface area contributed by atoms with E-state index in [1.54, 1.807) is 0 Å². The molecule has 0 aliphatic rings. The number of H-pyrrole nitrogens is 1. The standard InChI is InChI=1S/C16H13ClF2N2/c1-9-6-12(19)14(7-11(9)18)20-8-15-16(17)10-4-2-3-5-13(10)21-15/h2-7,20-21H,8H2,1H3. The Morgan fingerprint density at radius 2 is 1.90 bits per heavy atom. The molecule has 21 heavy (non-hydrogen) atoms. The molecule has 5 heteroatoms. The summed E-state index contributed by atoms with van der Waals surface area (Å²) >= 11 is 6.28. The van der Waals surface area contributed by atoms with Crippen molar-refractivity contribution in [2.75, 3.05) is 5.32 Å². The first-order chi connectivity index (χ1) is 10.1. The Kier molecular flexibility index (Phi) is 3.55. The highest BCUT2D eigenvalue weighted by Crippen LogP contribution is 2.28. The normalized spacial score (nSPS) is 11.0. The van der Waals surface area contributed by atoms with Gasteiger partial charge in [0, 0.05) is 17.0 Å². The quantitative estimate of drug-likeness (QED) is 0.698. The third-order valence-corrected chi connectivity index (χ3v) is 3.85. The number of nitrogens with one attached hydrogen (secondary N) is 2. The highest BCUT2D eigenvalue weighted by Gasteiger charge is 2.11. The molecule has 2 aromatic carbocycles. The summed E-state index contributed by atoms with van der Waals surface area (Å²) in [5, 5.41) is 4.37. The lowest BCUT2D eigenvalue weighted by Gasteiger charge is -2.08. The number of halogens is 3. The minimum Gasteiger partial charge on any atom is -0.377 e. The first-order valence-electron chi connectivity index (χ1n) is 6.51. The molecule has 108 valence electrons. The third kappa shape index (κ3) is 2.59. The lowest BCUT2D eigenvalue weighted by Crippen LogP contribution is -2.03. The van der Waals surface area contributed by atoms with Crippen molar-refractivity contribution in [2.24, 2.45) is 0 Å². The van der Waals surface area contributed by atoms with Gasteiger partial charge in [-0.1, -0.05) is 29.8 Å². The van der Waals surface area contributed by atoms with Gasteiger partial charge in [-0.15, -0.1) is 0 Å². The van der Waals surface area contributed by atoms with Gasteiger partial charge in [0.25, 0.3) is 0 Å². The number of hydrogen-bond acceptors (Lipinski definition) is 1. The Hall–Kier alpha value is -2.07. The van der Waals surface area contributed by atoms with Crippen LogP contribution >= 0.6 is 11.6 Å². The summed E-state index contributed by atoms with van der Waals surface area (Å²) < 4.78 is 27.3. The van der Waals surface area contributed by atoms with E-state index in [4.69, 9.17) is 11.6 Å². The van der Waals surface area contributed by atoms with Gasteiger partial charge >= 0.3 is 0 Å². The van der Waals surface area contributed by atoms with Crippen LogP contribution in [0.1, 0.15) is 11.3 Å². The summed E-state index contributed by atoms with van der Waals surface area (Å²) in [4.78, 5) is 3.17. The maximum atomic E-state index is 13.8. The molecule has 0 fully saturated rings. The number of hydrogen-bond donors (Lipinski definition) is 2. The van der Waals surface area contributed by atoms with Gasteiger partial charge in [0.05, 0.1) is 22.9 Å². The van der Waals surface area contributed by atoms with Crippen molar-refractivity contribution in [1.82, 2.24) is 4.98 Å². The van der Waals surface area contributed by atoms with Crippen molar-refractivity contribution in [2.45, 2.75) is 13.5 Å². The molecule has 0 spiro atoms. The van der Waals surface area contributed by atoms with E-state index in [2.05, 4.69) is 10.3 Å². The maximum Gasteiger partial charge on any atom is 0.146 e. The predicted molar refractivity (Wildman–Crippen MR) is 81.7 cm³/mol. The molecule has 0 saturated carbocycles. The molecule has 0 unspecified atom stereocenters. The first kappa shape index (κ1) is 13.9. The average molecular weight is 307 g/mol. The molecule has 2 nitrogen and oxygen atoms in total. The first-order valence-corrected chi connectivity index (χ1v) is 6.88. The van der Waals surface area contributed by atoms with Crippen LogP contribution in [0.2, 0.25) is 5.02 Å². The fourth-order valence-electron chi connectivity index (χ4n) is 2.25. The number of benzene rings is 2. The second-order valence-corrected chi connectivity index (χ2v) is 5.28. The van der Waals surface area contributed by atoms with Gasteiger partial charge in [0.1, 0.15) is 11.6 Å². The number of aromatic amines is 1. The zero-order valence-electron chi connectivity index (χ0n) is 11.3. The molecular formula is C16H13ClF2N2. The van der Waals surface area contributed by atoms with Gasteiger partial charge in [-0.3, -0.25) is 0 Å². The molecule has 0 saturated heterocycles. The van der Waals surface area contributed by atoms with Gasteiger partial charge < -0.3 is 10.3 Å². The Bertz CT molecular complexity index is 811. The van der Waals surface area contributed by atoms with Crippen molar-refractivity contribution in [3.63, 3.8) is 0 Å². The predicted octanol–water partition coefficient (Wildman–Crippen LogP) is 5.02. The van der Waals surface area contributed by atoms with Crippen LogP contribution in [0, 0.1) is 18.6 Å². The summed E-state index contributed by atoms with van der Waals surface area (Å²) in [5.74, 6) is -0.928. The van der Waals surface area contributed by atoms with Gasteiger partial charge in [0.15, 0.2) is 0 Å². The summed E-state index contributed by atoms with van der Waals surface area (Å²) in [6, 6.07) is 9.95. The van der Waals surface area contributed by atoms with Crippen LogP contribution in [0.25, 0.3) is 10.9 Å². The minimum atomic E-state index is -0.485. The zero-order chi connectivity index (χ0) is 15.0. The lowest BCUT2D eigenvalue weighted by atomic mass is 10.2. The largest absolute Gasteiger partial charge is 0.377 e.